The van der Waals surface area contributed by atoms with Crippen molar-refractivity contribution in [1.29, 1.82) is 0 Å². The van der Waals surface area contributed by atoms with Crippen molar-refractivity contribution >= 4 is 35.5 Å². The number of methoxy groups -OCH3 is 1. The Bertz CT molecular complexity index is 808. The molecule has 3 aliphatic heterocycles. The summed E-state index contributed by atoms with van der Waals surface area (Å²) in [6, 6.07) is 4.73. The summed E-state index contributed by atoms with van der Waals surface area (Å²) in [6.45, 7) is 3.84. The molecule has 1 aromatic carbocycles. The molecular weight excluding hydrogens is 344 g/mol. The van der Waals surface area contributed by atoms with Crippen LogP contribution in [0, 0.1) is 0 Å². The number of hydrogen-bond donors (Lipinski definition) is 0. The molecule has 1 aromatic rings. The second-order valence-corrected chi connectivity index (χ2v) is 7.11. The Morgan fingerprint density at radius 2 is 1.80 bits per heavy atom. The third-order valence-corrected chi connectivity index (χ3v) is 6.05. The number of nitrogens with zero attached hydrogens (tertiary/aromatic N) is 2. The van der Waals surface area contributed by atoms with Crippen molar-refractivity contribution in [3.8, 4) is 0 Å². The van der Waals surface area contributed by atoms with Crippen LogP contribution in [0.3, 0.4) is 0 Å². The van der Waals surface area contributed by atoms with Crippen LogP contribution in [0.1, 0.15) is 20.7 Å². The van der Waals surface area contributed by atoms with E-state index in [2.05, 4.69) is 6.58 Å². The smallest absolute Gasteiger partial charge is 0.332 e. The van der Waals surface area contributed by atoms with E-state index in [-0.39, 0.29) is 0 Å². The van der Waals surface area contributed by atoms with Crippen molar-refractivity contribution in [2.24, 2.45) is 0 Å². The summed E-state index contributed by atoms with van der Waals surface area (Å²) in [6.07, 6.45) is 0. The largest absolute Gasteiger partial charge is 0.467 e. The van der Waals surface area contributed by atoms with E-state index in [0.29, 0.717) is 22.5 Å². The van der Waals surface area contributed by atoms with Crippen LogP contribution in [-0.2, 0) is 14.3 Å². The van der Waals surface area contributed by atoms with Crippen LogP contribution in [0.15, 0.2) is 36.4 Å². The molecule has 0 N–H and O–H groups in total. The molecular formula is C17H14N2O5S. The monoisotopic (exact) mass is 358 g/mol. The first-order chi connectivity index (χ1) is 12.0. The number of fused-ring (bicyclic) bond motifs is 2. The molecule has 3 amide bonds. The standard InChI is InChI=1S/C17H14N2O5S/c1-8-7-25-16-12(15(22)19(16)11(8)17(23)24-2)18-13(20)9-5-3-4-6-10(9)14(18)21/h3-6,11-12,16H,1,7H2,2H3/t11?,12?,16-/m0/s1. The van der Waals surface area contributed by atoms with E-state index < -0.39 is 41.1 Å². The van der Waals surface area contributed by atoms with Crippen molar-refractivity contribution < 1.29 is 23.9 Å². The third kappa shape index (κ3) is 2.00. The molecule has 0 aromatic heterocycles. The number of thioether (sulfide) groups is 1. The highest BCUT2D eigenvalue weighted by Crippen LogP contribution is 2.44. The van der Waals surface area contributed by atoms with Gasteiger partial charge in [-0.1, -0.05) is 18.7 Å². The van der Waals surface area contributed by atoms with Crippen molar-refractivity contribution in [1.82, 2.24) is 9.80 Å². The van der Waals surface area contributed by atoms with Gasteiger partial charge in [0, 0.05) is 5.75 Å². The van der Waals surface area contributed by atoms with Crippen molar-refractivity contribution in [2.45, 2.75) is 17.5 Å². The Balaban J connectivity index is 1.66. The molecule has 0 spiro atoms. The molecule has 0 radical (unpaired) electrons. The summed E-state index contributed by atoms with van der Waals surface area (Å²) in [7, 11) is 1.25. The van der Waals surface area contributed by atoms with Crippen LogP contribution < -0.4 is 0 Å². The van der Waals surface area contributed by atoms with Gasteiger partial charge in [-0.3, -0.25) is 19.3 Å². The fraction of sp³-hybridized carbons (Fsp3) is 0.294. The molecule has 7 nitrogen and oxygen atoms in total. The third-order valence-electron chi connectivity index (χ3n) is 4.68. The van der Waals surface area contributed by atoms with Gasteiger partial charge < -0.3 is 9.64 Å². The van der Waals surface area contributed by atoms with Gasteiger partial charge in [-0.25, -0.2) is 4.79 Å². The Morgan fingerprint density at radius 3 is 2.36 bits per heavy atom. The number of carbonyl (C=O) groups excluding carboxylic acids is 4. The van der Waals surface area contributed by atoms with Crippen LogP contribution >= 0.6 is 11.8 Å². The number of benzene rings is 1. The minimum atomic E-state index is -0.905. The van der Waals surface area contributed by atoms with Crippen molar-refractivity contribution in [3.63, 3.8) is 0 Å². The van der Waals surface area contributed by atoms with Crippen LogP contribution in [0.2, 0.25) is 0 Å². The number of rotatable bonds is 2. The lowest BCUT2D eigenvalue weighted by molar-refractivity contribution is -0.163. The number of imide groups is 1. The first-order valence-electron chi connectivity index (χ1n) is 7.63. The van der Waals surface area contributed by atoms with Gasteiger partial charge in [-0.15, -0.1) is 11.8 Å². The zero-order chi connectivity index (χ0) is 17.9. The average Bonchev–Trinajstić information content (AvgIpc) is 2.87. The van der Waals surface area contributed by atoms with Gasteiger partial charge in [0.15, 0.2) is 6.04 Å². The van der Waals surface area contributed by atoms with Gasteiger partial charge in [-0.2, -0.15) is 0 Å². The van der Waals surface area contributed by atoms with Crippen molar-refractivity contribution in [3.05, 3.63) is 47.5 Å². The quantitative estimate of drug-likeness (QED) is 0.334. The lowest BCUT2D eigenvalue weighted by atomic mass is 9.97. The van der Waals surface area contributed by atoms with E-state index in [1.54, 1.807) is 24.3 Å². The molecule has 0 bridgehead atoms. The molecule has 128 valence electrons. The van der Waals surface area contributed by atoms with Gasteiger partial charge in [0.2, 0.25) is 0 Å². The Hall–Kier alpha value is -2.61. The molecule has 0 saturated carbocycles. The van der Waals surface area contributed by atoms with E-state index in [4.69, 9.17) is 4.74 Å². The summed E-state index contributed by atoms with van der Waals surface area (Å²) in [5.74, 6) is -1.50. The highest BCUT2D eigenvalue weighted by molar-refractivity contribution is 8.00. The summed E-state index contributed by atoms with van der Waals surface area (Å²) < 4.78 is 4.76. The first kappa shape index (κ1) is 15.9. The predicted molar refractivity (Wildman–Crippen MR) is 88.8 cm³/mol. The maximum absolute atomic E-state index is 12.7. The number of hydrogen-bond acceptors (Lipinski definition) is 6. The van der Waals surface area contributed by atoms with Crippen LogP contribution in [0.4, 0.5) is 0 Å². The highest BCUT2D eigenvalue weighted by Gasteiger charge is 2.61. The van der Waals surface area contributed by atoms with Crippen molar-refractivity contribution in [2.75, 3.05) is 12.9 Å². The lowest BCUT2D eigenvalue weighted by Crippen LogP contribution is -2.75. The number of β-lactam (4-membered cyclic amide) rings is 1. The average molecular weight is 358 g/mol. The van der Waals surface area contributed by atoms with Gasteiger partial charge in [-0.05, 0) is 17.7 Å². The summed E-state index contributed by atoms with van der Waals surface area (Å²) in [5, 5.41) is -0.468. The van der Waals surface area contributed by atoms with Gasteiger partial charge in [0.1, 0.15) is 11.4 Å². The summed E-state index contributed by atoms with van der Waals surface area (Å²) in [4.78, 5) is 52.3. The van der Waals surface area contributed by atoms with Gasteiger partial charge in [0.25, 0.3) is 17.7 Å². The second-order valence-electron chi connectivity index (χ2n) is 6.00. The normalized spacial score (nSPS) is 27.8. The molecule has 3 aliphatic rings. The maximum atomic E-state index is 12.7. The number of ether oxygens (including phenoxy) is 1. The molecule has 3 atom stereocenters. The minimum Gasteiger partial charge on any atom is -0.467 e. The Morgan fingerprint density at radius 1 is 1.20 bits per heavy atom. The van der Waals surface area contributed by atoms with Gasteiger partial charge in [0.05, 0.1) is 18.2 Å². The molecule has 3 heterocycles. The number of carbonyl (C=O) groups is 4. The minimum absolute atomic E-state index is 0.300. The van der Waals surface area contributed by atoms with E-state index in [0.717, 1.165) is 4.90 Å². The van der Waals surface area contributed by atoms with E-state index in [1.807, 2.05) is 0 Å². The fourth-order valence-electron chi connectivity index (χ4n) is 3.47. The molecule has 2 unspecified atom stereocenters. The molecule has 8 heteroatoms. The molecule has 4 rings (SSSR count). The lowest BCUT2D eigenvalue weighted by Gasteiger charge is -2.54. The van der Waals surface area contributed by atoms with E-state index in [1.165, 1.54) is 23.8 Å². The SMILES string of the molecule is C=C1CS[C@H]2C(N3C(=O)c4ccccc4C3=O)C(=O)N2C1C(=O)OC. The van der Waals surface area contributed by atoms with Crippen LogP contribution in [-0.4, -0.2) is 63.8 Å². The topological polar surface area (TPSA) is 84.0 Å². The Labute approximate surface area is 147 Å². The number of amides is 3. The predicted octanol–water partition coefficient (Wildman–Crippen LogP) is 0.664. The van der Waals surface area contributed by atoms with Crippen LogP contribution in [0.25, 0.3) is 0 Å². The second kappa shape index (κ2) is 5.45. The highest BCUT2D eigenvalue weighted by atomic mass is 32.2. The van der Waals surface area contributed by atoms with Gasteiger partial charge >= 0.3 is 5.97 Å². The van der Waals surface area contributed by atoms with Crippen LogP contribution in [0.5, 0.6) is 0 Å². The zero-order valence-corrected chi connectivity index (χ0v) is 14.1. The number of esters is 1. The molecule has 2 saturated heterocycles. The fourth-order valence-corrected chi connectivity index (χ4v) is 4.82. The first-order valence-corrected chi connectivity index (χ1v) is 8.68. The molecule has 2 fully saturated rings. The van der Waals surface area contributed by atoms with E-state index in [9.17, 15) is 19.2 Å². The summed E-state index contributed by atoms with van der Waals surface area (Å²) >= 11 is 1.39. The molecule has 25 heavy (non-hydrogen) atoms. The Kier molecular flexibility index (Phi) is 3.47. The summed E-state index contributed by atoms with van der Waals surface area (Å²) in [5.41, 5.74) is 1.17. The zero-order valence-electron chi connectivity index (χ0n) is 13.3. The molecule has 0 aliphatic carbocycles. The maximum Gasteiger partial charge on any atom is 0.332 e. The van der Waals surface area contributed by atoms with E-state index >= 15 is 0 Å².